The van der Waals surface area contributed by atoms with Gasteiger partial charge in [-0.1, -0.05) is 35.9 Å². The second-order valence-electron chi connectivity index (χ2n) is 10.4. The number of nitrogens with one attached hydrogen (secondary N) is 1. The molecule has 1 saturated heterocycles. The number of hydrogen-bond acceptors (Lipinski definition) is 7. The minimum atomic E-state index is -4.79. The topological polar surface area (TPSA) is 93.7 Å². The van der Waals surface area contributed by atoms with Gasteiger partial charge in [-0.05, 0) is 71.3 Å². The van der Waals surface area contributed by atoms with Gasteiger partial charge in [0, 0.05) is 24.2 Å². The van der Waals surface area contributed by atoms with Crippen LogP contribution in [0.2, 0.25) is 5.02 Å². The molecule has 0 saturated carbocycles. The predicted molar refractivity (Wildman–Crippen MR) is 165 cm³/mol. The van der Waals surface area contributed by atoms with E-state index in [1.54, 1.807) is 42.5 Å². The van der Waals surface area contributed by atoms with Crippen LogP contribution >= 0.6 is 11.6 Å². The molecule has 46 heavy (non-hydrogen) atoms. The lowest BCUT2D eigenvalue weighted by molar-refractivity contribution is -0.140. The summed E-state index contributed by atoms with van der Waals surface area (Å²) < 4.78 is 90.8. The van der Waals surface area contributed by atoms with Crippen LogP contribution < -0.4 is 10.1 Å². The lowest BCUT2D eigenvalue weighted by Crippen LogP contribution is -2.40. The van der Waals surface area contributed by atoms with Crippen molar-refractivity contribution >= 4 is 44.0 Å². The number of anilines is 2. The Morgan fingerprint density at radius 3 is 2.35 bits per heavy atom. The van der Waals surface area contributed by atoms with Gasteiger partial charge in [-0.15, -0.1) is 0 Å². The lowest BCUT2D eigenvalue weighted by Gasteiger charge is -2.26. The second-order valence-corrected chi connectivity index (χ2v) is 12.7. The second kappa shape index (κ2) is 12.8. The van der Waals surface area contributed by atoms with E-state index in [2.05, 4.69) is 15.3 Å². The highest BCUT2D eigenvalue weighted by Gasteiger charge is 2.34. The van der Waals surface area contributed by atoms with Crippen molar-refractivity contribution in [2.45, 2.75) is 17.7 Å². The Morgan fingerprint density at radius 1 is 0.913 bits per heavy atom. The van der Waals surface area contributed by atoms with E-state index in [1.807, 2.05) is 18.2 Å². The smallest absolute Gasteiger partial charge is 0.419 e. The fourth-order valence-electron chi connectivity index (χ4n) is 4.96. The van der Waals surface area contributed by atoms with Crippen LogP contribution in [0, 0.1) is 5.82 Å². The Kier molecular flexibility index (Phi) is 8.84. The summed E-state index contributed by atoms with van der Waals surface area (Å²) in [5, 5.41) is 4.13. The summed E-state index contributed by atoms with van der Waals surface area (Å²) in [6, 6.07) is 19.7. The molecule has 6 rings (SSSR count). The van der Waals surface area contributed by atoms with Crippen molar-refractivity contribution in [3.8, 4) is 16.9 Å². The largest absolute Gasteiger partial charge is 0.487 e. The first-order chi connectivity index (χ1) is 22.0. The van der Waals surface area contributed by atoms with Gasteiger partial charge < -0.3 is 14.8 Å². The molecule has 238 valence electrons. The van der Waals surface area contributed by atoms with Crippen LogP contribution in [0.5, 0.6) is 5.75 Å². The summed E-state index contributed by atoms with van der Waals surface area (Å²) in [6.07, 6.45) is -3.37. The molecule has 8 nitrogen and oxygen atoms in total. The summed E-state index contributed by atoms with van der Waals surface area (Å²) >= 11 is 6.42. The van der Waals surface area contributed by atoms with Crippen LogP contribution in [0.25, 0.3) is 22.0 Å². The van der Waals surface area contributed by atoms with Gasteiger partial charge in [0.15, 0.2) is 0 Å². The molecule has 4 aromatic carbocycles. The SMILES string of the molecule is O=S(=O)(c1ccc(-c2ccc3ncnc(Nc4ccc(OCc5ccc(C(F)(F)F)c(F)c5)c(Cl)c4)c3c2)cc1)N1CCOCC1. The Labute approximate surface area is 266 Å². The molecule has 1 N–H and O–H groups in total. The van der Waals surface area contributed by atoms with Gasteiger partial charge >= 0.3 is 6.18 Å². The summed E-state index contributed by atoms with van der Waals surface area (Å²) in [6.45, 7) is 1.17. The molecule has 0 radical (unpaired) electrons. The number of nitrogens with zero attached hydrogens (tertiary/aromatic N) is 3. The number of halogens is 5. The van der Waals surface area contributed by atoms with Crippen molar-refractivity contribution < 1.29 is 35.5 Å². The zero-order valence-electron chi connectivity index (χ0n) is 23.9. The number of sulfonamides is 1. The number of rotatable bonds is 8. The van der Waals surface area contributed by atoms with E-state index in [1.165, 1.54) is 10.6 Å². The van der Waals surface area contributed by atoms with Crippen LogP contribution in [-0.2, 0) is 27.5 Å². The highest BCUT2D eigenvalue weighted by molar-refractivity contribution is 7.89. The van der Waals surface area contributed by atoms with Crippen LogP contribution in [0.1, 0.15) is 11.1 Å². The predicted octanol–water partition coefficient (Wildman–Crippen LogP) is 7.45. The van der Waals surface area contributed by atoms with E-state index >= 15 is 0 Å². The quantitative estimate of drug-likeness (QED) is 0.171. The van der Waals surface area contributed by atoms with Crippen molar-refractivity contribution in [3.63, 3.8) is 0 Å². The van der Waals surface area contributed by atoms with E-state index in [0.717, 1.165) is 23.3 Å². The van der Waals surface area contributed by atoms with E-state index < -0.39 is 27.6 Å². The molecule has 0 aliphatic carbocycles. The maximum absolute atomic E-state index is 13.9. The van der Waals surface area contributed by atoms with Crippen molar-refractivity contribution in [2.75, 3.05) is 31.6 Å². The summed E-state index contributed by atoms with van der Waals surface area (Å²) in [5.74, 6) is -0.641. The van der Waals surface area contributed by atoms with Crippen LogP contribution in [-0.4, -0.2) is 49.0 Å². The van der Waals surface area contributed by atoms with Crippen molar-refractivity contribution in [2.24, 2.45) is 0 Å². The molecule has 1 fully saturated rings. The zero-order chi connectivity index (χ0) is 32.5. The number of hydrogen-bond donors (Lipinski definition) is 1. The molecule has 1 aromatic heterocycles. The Morgan fingerprint density at radius 2 is 1.65 bits per heavy atom. The molecular weight excluding hydrogens is 648 g/mol. The fourth-order valence-corrected chi connectivity index (χ4v) is 6.61. The monoisotopic (exact) mass is 672 g/mol. The summed E-state index contributed by atoms with van der Waals surface area (Å²) in [7, 11) is -3.62. The Bertz CT molecular complexity index is 2000. The molecule has 0 unspecified atom stereocenters. The molecule has 0 spiro atoms. The minimum absolute atomic E-state index is 0.193. The summed E-state index contributed by atoms with van der Waals surface area (Å²) in [4.78, 5) is 8.94. The number of fused-ring (bicyclic) bond motifs is 1. The number of ether oxygens (including phenoxy) is 2. The Hall–Kier alpha value is -4.30. The normalized spacial score (nSPS) is 14.4. The van der Waals surface area contributed by atoms with Gasteiger partial charge in [-0.3, -0.25) is 0 Å². The van der Waals surface area contributed by atoms with Crippen molar-refractivity contribution in [1.29, 1.82) is 0 Å². The van der Waals surface area contributed by atoms with Crippen LogP contribution in [0.3, 0.4) is 0 Å². The molecule has 14 heteroatoms. The minimum Gasteiger partial charge on any atom is -0.487 e. The maximum Gasteiger partial charge on any atom is 0.419 e. The number of benzene rings is 4. The Balaban J connectivity index is 1.18. The molecule has 0 bridgehead atoms. The van der Waals surface area contributed by atoms with E-state index in [-0.39, 0.29) is 27.8 Å². The van der Waals surface area contributed by atoms with Crippen molar-refractivity contribution in [3.05, 3.63) is 107 Å². The standard InChI is InChI=1S/C32H25ClF4N4O4S/c33-27-17-23(5-10-30(27)45-18-20-1-8-26(28(34)15-20)32(35,36)37)40-31-25-16-22(4-9-29(25)38-19-39-31)21-2-6-24(7-3-21)46(42,43)41-11-13-44-14-12-41/h1-10,15-17,19H,11-14,18H2,(H,38,39,40). The molecule has 0 atom stereocenters. The molecule has 2 heterocycles. The van der Waals surface area contributed by atoms with Gasteiger partial charge in [-0.2, -0.15) is 17.5 Å². The van der Waals surface area contributed by atoms with Gasteiger partial charge in [0.05, 0.1) is 34.2 Å². The highest BCUT2D eigenvalue weighted by atomic mass is 35.5. The molecule has 1 aliphatic heterocycles. The van der Waals surface area contributed by atoms with Gasteiger partial charge in [0.2, 0.25) is 10.0 Å². The number of morpholine rings is 1. The lowest BCUT2D eigenvalue weighted by atomic mass is 10.0. The zero-order valence-corrected chi connectivity index (χ0v) is 25.5. The van der Waals surface area contributed by atoms with Gasteiger partial charge in [-0.25, -0.2) is 22.8 Å². The third-order valence-corrected chi connectivity index (χ3v) is 9.57. The number of alkyl halides is 3. The maximum atomic E-state index is 13.9. The van der Waals surface area contributed by atoms with Crippen LogP contribution in [0.15, 0.2) is 90.1 Å². The molecule has 0 amide bonds. The third-order valence-electron chi connectivity index (χ3n) is 7.36. The third kappa shape index (κ3) is 6.77. The highest BCUT2D eigenvalue weighted by Crippen LogP contribution is 2.34. The molecule has 5 aromatic rings. The average Bonchev–Trinajstić information content (AvgIpc) is 3.04. The van der Waals surface area contributed by atoms with Gasteiger partial charge in [0.1, 0.15) is 30.3 Å². The van der Waals surface area contributed by atoms with E-state index in [4.69, 9.17) is 21.1 Å². The first kappa shape index (κ1) is 31.7. The van der Waals surface area contributed by atoms with E-state index in [0.29, 0.717) is 54.8 Å². The first-order valence-corrected chi connectivity index (χ1v) is 15.8. The molecular formula is C32H25ClF4N4O4S. The fraction of sp³-hybridized carbons (Fsp3) is 0.188. The average molecular weight is 673 g/mol. The van der Waals surface area contributed by atoms with E-state index in [9.17, 15) is 26.0 Å². The molecule has 1 aliphatic rings. The van der Waals surface area contributed by atoms with Crippen LogP contribution in [0.4, 0.5) is 29.1 Å². The summed E-state index contributed by atoms with van der Waals surface area (Å²) in [5.41, 5.74) is 1.73. The van der Waals surface area contributed by atoms with Gasteiger partial charge in [0.25, 0.3) is 0 Å². The number of aromatic nitrogens is 2. The van der Waals surface area contributed by atoms with Crippen molar-refractivity contribution in [1.82, 2.24) is 14.3 Å². The first-order valence-electron chi connectivity index (χ1n) is 14.0.